The van der Waals surface area contributed by atoms with Crippen molar-refractivity contribution >= 4 is 35.3 Å². The van der Waals surface area contributed by atoms with Crippen molar-refractivity contribution in [3.05, 3.63) is 33.8 Å². The largest absolute Gasteiger partial charge is 0.480 e. The standard InChI is InChI=1S/C17H22Cl2N2O4/c1-17(2,3)25-16(24)21-7-6-20(14(10-21)15(22)23)9-11-8-12(18)4-5-13(11)19/h4-5,8,14H,6-7,9-10H2,1-3H3,(H,22,23). The average molecular weight is 389 g/mol. The summed E-state index contributed by atoms with van der Waals surface area (Å²) in [7, 11) is 0. The number of amides is 1. The average Bonchev–Trinajstić information content (AvgIpc) is 2.49. The number of carbonyl (C=O) groups is 2. The number of nitrogens with zero attached hydrogens (tertiary/aromatic N) is 2. The van der Waals surface area contributed by atoms with Crippen molar-refractivity contribution in [2.45, 2.75) is 39.0 Å². The number of halogens is 2. The molecule has 1 N–H and O–H groups in total. The third-order valence-electron chi connectivity index (χ3n) is 3.81. The molecule has 2 rings (SSSR count). The summed E-state index contributed by atoms with van der Waals surface area (Å²) in [5, 5.41) is 10.6. The summed E-state index contributed by atoms with van der Waals surface area (Å²) in [6, 6.07) is 4.26. The van der Waals surface area contributed by atoms with Crippen molar-refractivity contribution < 1.29 is 19.4 Å². The van der Waals surface area contributed by atoms with E-state index in [-0.39, 0.29) is 6.54 Å². The summed E-state index contributed by atoms with van der Waals surface area (Å²) in [5.41, 5.74) is 0.132. The Kier molecular flexibility index (Phi) is 6.19. The highest BCUT2D eigenvalue weighted by atomic mass is 35.5. The molecular formula is C17H22Cl2N2O4. The number of ether oxygens (including phenoxy) is 1. The molecule has 8 heteroatoms. The Bertz CT molecular complexity index is 661. The van der Waals surface area contributed by atoms with E-state index in [1.165, 1.54) is 4.90 Å². The predicted octanol–water partition coefficient (Wildman–Crippen LogP) is 3.50. The molecule has 1 heterocycles. The number of aliphatic carboxylic acids is 1. The van der Waals surface area contributed by atoms with Gasteiger partial charge in [-0.05, 0) is 44.5 Å². The number of hydrogen-bond donors (Lipinski definition) is 1. The van der Waals surface area contributed by atoms with Gasteiger partial charge in [-0.3, -0.25) is 9.69 Å². The van der Waals surface area contributed by atoms with Gasteiger partial charge in [0.2, 0.25) is 0 Å². The quantitative estimate of drug-likeness (QED) is 0.857. The fourth-order valence-electron chi connectivity index (χ4n) is 2.62. The molecule has 1 amide bonds. The number of benzene rings is 1. The van der Waals surface area contributed by atoms with Gasteiger partial charge in [-0.15, -0.1) is 0 Å². The molecule has 1 unspecified atom stereocenters. The van der Waals surface area contributed by atoms with Crippen LogP contribution in [-0.4, -0.2) is 58.2 Å². The van der Waals surface area contributed by atoms with Crippen LogP contribution in [-0.2, 0) is 16.1 Å². The zero-order valence-electron chi connectivity index (χ0n) is 14.5. The molecule has 1 atom stereocenters. The van der Waals surface area contributed by atoms with E-state index in [9.17, 15) is 14.7 Å². The molecule has 1 aromatic carbocycles. The topological polar surface area (TPSA) is 70.1 Å². The second-order valence-electron chi connectivity index (χ2n) is 6.99. The van der Waals surface area contributed by atoms with E-state index in [2.05, 4.69) is 0 Å². The minimum atomic E-state index is -0.994. The lowest BCUT2D eigenvalue weighted by molar-refractivity contribution is -0.145. The molecule has 0 saturated carbocycles. The van der Waals surface area contributed by atoms with Crippen molar-refractivity contribution in [1.29, 1.82) is 0 Å². The Morgan fingerprint density at radius 3 is 2.56 bits per heavy atom. The molecular weight excluding hydrogens is 367 g/mol. The molecule has 1 fully saturated rings. The van der Waals surface area contributed by atoms with E-state index in [1.807, 2.05) is 0 Å². The highest BCUT2D eigenvalue weighted by Gasteiger charge is 2.36. The van der Waals surface area contributed by atoms with Crippen LogP contribution in [0.3, 0.4) is 0 Å². The molecule has 138 valence electrons. The van der Waals surface area contributed by atoms with Crippen molar-refractivity contribution in [2.75, 3.05) is 19.6 Å². The van der Waals surface area contributed by atoms with E-state index in [4.69, 9.17) is 27.9 Å². The van der Waals surface area contributed by atoms with Gasteiger partial charge in [-0.1, -0.05) is 23.2 Å². The van der Waals surface area contributed by atoms with Crippen molar-refractivity contribution in [3.8, 4) is 0 Å². The smallest absolute Gasteiger partial charge is 0.410 e. The second-order valence-corrected chi connectivity index (χ2v) is 7.83. The summed E-state index contributed by atoms with van der Waals surface area (Å²) in [5.74, 6) is -0.994. The molecule has 1 aliphatic rings. The predicted molar refractivity (Wildman–Crippen MR) is 96.1 cm³/mol. The third kappa shape index (κ3) is 5.49. The zero-order chi connectivity index (χ0) is 18.8. The van der Waals surface area contributed by atoms with Crippen LogP contribution >= 0.6 is 23.2 Å². The number of hydrogen-bond acceptors (Lipinski definition) is 4. The number of carboxylic acid groups (broad SMARTS) is 1. The van der Waals surface area contributed by atoms with Gasteiger partial charge >= 0.3 is 12.1 Å². The SMILES string of the molecule is CC(C)(C)OC(=O)N1CCN(Cc2cc(Cl)ccc2Cl)C(C(=O)O)C1. The van der Waals surface area contributed by atoms with Crippen LogP contribution in [0.4, 0.5) is 4.79 Å². The number of piperazine rings is 1. The Morgan fingerprint density at radius 2 is 1.96 bits per heavy atom. The first-order valence-electron chi connectivity index (χ1n) is 7.95. The molecule has 0 aromatic heterocycles. The Hall–Kier alpha value is -1.50. The highest BCUT2D eigenvalue weighted by molar-refractivity contribution is 6.33. The molecule has 0 radical (unpaired) electrons. The minimum Gasteiger partial charge on any atom is -0.480 e. The van der Waals surface area contributed by atoms with Crippen LogP contribution in [0.5, 0.6) is 0 Å². The van der Waals surface area contributed by atoms with Gasteiger partial charge in [0, 0.05) is 29.7 Å². The summed E-state index contributed by atoms with van der Waals surface area (Å²) < 4.78 is 5.33. The van der Waals surface area contributed by atoms with Crippen LogP contribution < -0.4 is 0 Å². The normalized spacial score (nSPS) is 18.9. The lowest BCUT2D eigenvalue weighted by atomic mass is 10.1. The molecule has 1 aliphatic heterocycles. The number of rotatable bonds is 3. The number of carbonyl (C=O) groups excluding carboxylic acids is 1. The first-order chi connectivity index (χ1) is 11.6. The summed E-state index contributed by atoms with van der Waals surface area (Å²) in [6.07, 6.45) is -0.501. The van der Waals surface area contributed by atoms with Crippen LogP contribution in [0.1, 0.15) is 26.3 Å². The second kappa shape index (κ2) is 7.81. The van der Waals surface area contributed by atoms with Crippen LogP contribution in [0, 0.1) is 0 Å². The Balaban J connectivity index is 2.10. The summed E-state index contributed by atoms with van der Waals surface area (Å²) >= 11 is 12.2. The first kappa shape index (κ1) is 19.8. The lowest BCUT2D eigenvalue weighted by Crippen LogP contribution is -2.57. The van der Waals surface area contributed by atoms with E-state index in [0.29, 0.717) is 29.7 Å². The molecule has 1 aromatic rings. The summed E-state index contributed by atoms with van der Waals surface area (Å²) in [4.78, 5) is 27.1. The maximum Gasteiger partial charge on any atom is 0.410 e. The fraction of sp³-hybridized carbons (Fsp3) is 0.529. The Morgan fingerprint density at radius 1 is 1.28 bits per heavy atom. The fourth-order valence-corrected chi connectivity index (χ4v) is 2.99. The lowest BCUT2D eigenvalue weighted by Gasteiger charge is -2.39. The first-order valence-corrected chi connectivity index (χ1v) is 8.71. The molecule has 0 spiro atoms. The molecule has 6 nitrogen and oxygen atoms in total. The van der Waals surface area contributed by atoms with Crippen LogP contribution in [0.2, 0.25) is 10.0 Å². The van der Waals surface area contributed by atoms with Gasteiger partial charge in [0.1, 0.15) is 11.6 Å². The molecule has 1 saturated heterocycles. The maximum absolute atomic E-state index is 12.2. The number of carboxylic acids is 1. The van der Waals surface area contributed by atoms with E-state index >= 15 is 0 Å². The molecule has 0 aliphatic carbocycles. The van der Waals surface area contributed by atoms with Gasteiger partial charge in [-0.25, -0.2) is 4.79 Å². The molecule has 25 heavy (non-hydrogen) atoms. The minimum absolute atomic E-state index is 0.0580. The van der Waals surface area contributed by atoms with Gasteiger partial charge in [0.15, 0.2) is 0 Å². The van der Waals surface area contributed by atoms with Crippen molar-refractivity contribution in [3.63, 3.8) is 0 Å². The maximum atomic E-state index is 12.2. The van der Waals surface area contributed by atoms with E-state index < -0.39 is 23.7 Å². The Labute approximate surface area is 157 Å². The van der Waals surface area contributed by atoms with Gasteiger partial charge < -0.3 is 14.7 Å². The third-order valence-corrected chi connectivity index (χ3v) is 4.41. The van der Waals surface area contributed by atoms with Crippen molar-refractivity contribution in [1.82, 2.24) is 9.80 Å². The van der Waals surface area contributed by atoms with Gasteiger partial charge in [-0.2, -0.15) is 0 Å². The zero-order valence-corrected chi connectivity index (χ0v) is 16.0. The van der Waals surface area contributed by atoms with Gasteiger partial charge in [0.05, 0.1) is 6.54 Å². The highest BCUT2D eigenvalue weighted by Crippen LogP contribution is 2.24. The van der Waals surface area contributed by atoms with E-state index in [1.54, 1.807) is 43.9 Å². The van der Waals surface area contributed by atoms with Crippen LogP contribution in [0.15, 0.2) is 18.2 Å². The van der Waals surface area contributed by atoms with Crippen LogP contribution in [0.25, 0.3) is 0 Å². The van der Waals surface area contributed by atoms with E-state index in [0.717, 1.165) is 5.56 Å². The monoisotopic (exact) mass is 388 g/mol. The molecule has 0 bridgehead atoms. The van der Waals surface area contributed by atoms with Crippen molar-refractivity contribution in [2.24, 2.45) is 0 Å². The summed E-state index contributed by atoms with van der Waals surface area (Å²) in [6.45, 7) is 6.52. The van der Waals surface area contributed by atoms with Gasteiger partial charge in [0.25, 0.3) is 0 Å².